The van der Waals surface area contributed by atoms with Crippen molar-refractivity contribution in [2.75, 3.05) is 12.8 Å². The molecular weight excluding hydrogens is 292 g/mol. The highest BCUT2D eigenvalue weighted by Crippen LogP contribution is 2.19. The van der Waals surface area contributed by atoms with Crippen LogP contribution in [-0.4, -0.2) is 37.1 Å². The zero-order chi connectivity index (χ0) is 16.2. The lowest BCUT2D eigenvalue weighted by atomic mass is 10.2. The number of carbonyl (C=O) groups excluding carboxylic acids is 1. The summed E-state index contributed by atoms with van der Waals surface area (Å²) in [6, 6.07) is 6.72. The minimum atomic E-state index is -3.80. The van der Waals surface area contributed by atoms with Gasteiger partial charge in [-0.15, -0.1) is 0 Å². The third kappa shape index (κ3) is 4.18. The quantitative estimate of drug-likeness (QED) is 0.632. The lowest BCUT2D eigenvalue weighted by Crippen LogP contribution is -2.44. The van der Waals surface area contributed by atoms with Crippen molar-refractivity contribution in [1.82, 2.24) is 4.31 Å². The topological polar surface area (TPSA) is 89.7 Å². The first kappa shape index (κ1) is 17.5. The van der Waals surface area contributed by atoms with E-state index in [1.807, 2.05) is 0 Å². The average molecular weight is 314 g/mol. The van der Waals surface area contributed by atoms with Crippen molar-refractivity contribution in [2.24, 2.45) is 0 Å². The molecule has 0 saturated carbocycles. The lowest BCUT2D eigenvalue weighted by molar-refractivity contribution is -0.139. The van der Waals surface area contributed by atoms with Gasteiger partial charge in [0.2, 0.25) is 10.0 Å². The van der Waals surface area contributed by atoms with E-state index in [0.29, 0.717) is 5.69 Å². The van der Waals surface area contributed by atoms with Gasteiger partial charge in [0.05, 0.1) is 7.11 Å². The Labute approximate surface area is 125 Å². The minimum Gasteiger partial charge on any atom is -0.468 e. The van der Waals surface area contributed by atoms with Gasteiger partial charge in [0.15, 0.2) is 5.25 Å². The van der Waals surface area contributed by atoms with Crippen LogP contribution in [0.25, 0.3) is 0 Å². The molecule has 118 valence electrons. The van der Waals surface area contributed by atoms with Crippen molar-refractivity contribution in [3.63, 3.8) is 0 Å². The average Bonchev–Trinajstić information content (AvgIpc) is 2.42. The third-order valence-corrected chi connectivity index (χ3v) is 5.46. The summed E-state index contributed by atoms with van der Waals surface area (Å²) in [4.78, 5) is 11.5. The van der Waals surface area contributed by atoms with Gasteiger partial charge in [-0.25, -0.2) is 8.42 Å². The summed E-state index contributed by atoms with van der Waals surface area (Å²) in [5.41, 5.74) is 7.04. The molecule has 21 heavy (non-hydrogen) atoms. The predicted octanol–water partition coefficient (Wildman–Crippen LogP) is 1.37. The monoisotopic (exact) mass is 314 g/mol. The molecule has 0 aliphatic heterocycles. The number of methoxy groups -OCH3 is 1. The summed E-state index contributed by atoms with van der Waals surface area (Å²) in [5, 5.41) is -1.24. The number of esters is 1. The smallest absolute Gasteiger partial charge is 0.325 e. The molecule has 2 N–H and O–H groups in total. The van der Waals surface area contributed by atoms with Gasteiger partial charge in [0.25, 0.3) is 0 Å². The molecule has 6 nitrogen and oxygen atoms in total. The van der Waals surface area contributed by atoms with Crippen molar-refractivity contribution in [1.29, 1.82) is 0 Å². The van der Waals surface area contributed by atoms with Gasteiger partial charge in [0.1, 0.15) is 0 Å². The van der Waals surface area contributed by atoms with Gasteiger partial charge in [0, 0.05) is 18.3 Å². The van der Waals surface area contributed by atoms with Crippen LogP contribution in [0.1, 0.15) is 26.3 Å². The number of carbonyl (C=O) groups is 1. The second kappa shape index (κ2) is 6.91. The number of nitrogen functional groups attached to an aromatic ring is 1. The van der Waals surface area contributed by atoms with E-state index in [2.05, 4.69) is 4.74 Å². The zero-order valence-corrected chi connectivity index (χ0v) is 13.6. The molecule has 1 unspecified atom stereocenters. The minimum absolute atomic E-state index is 0.159. The van der Waals surface area contributed by atoms with E-state index < -0.39 is 21.2 Å². The van der Waals surface area contributed by atoms with Crippen molar-refractivity contribution >= 4 is 21.7 Å². The van der Waals surface area contributed by atoms with Crippen LogP contribution < -0.4 is 5.73 Å². The molecule has 0 fully saturated rings. The fraction of sp³-hybridized carbons (Fsp3) is 0.500. The molecule has 0 aliphatic carbocycles. The zero-order valence-electron chi connectivity index (χ0n) is 12.7. The highest BCUT2D eigenvalue weighted by molar-refractivity contribution is 7.90. The van der Waals surface area contributed by atoms with Crippen molar-refractivity contribution in [3.05, 3.63) is 29.8 Å². The van der Waals surface area contributed by atoms with Gasteiger partial charge in [-0.05, 0) is 38.5 Å². The fourth-order valence-corrected chi connectivity index (χ4v) is 3.59. The van der Waals surface area contributed by atoms with Crippen LogP contribution in [0.15, 0.2) is 24.3 Å². The number of hydrogen-bond acceptors (Lipinski definition) is 5. The van der Waals surface area contributed by atoms with Gasteiger partial charge >= 0.3 is 5.97 Å². The highest BCUT2D eigenvalue weighted by atomic mass is 32.2. The largest absolute Gasteiger partial charge is 0.468 e. The predicted molar refractivity (Wildman–Crippen MR) is 81.9 cm³/mol. The first-order chi connectivity index (χ1) is 9.70. The van der Waals surface area contributed by atoms with E-state index in [4.69, 9.17) is 5.73 Å². The summed E-state index contributed by atoms with van der Waals surface area (Å²) >= 11 is 0. The number of benzene rings is 1. The number of anilines is 1. The Morgan fingerprint density at radius 2 is 1.95 bits per heavy atom. The van der Waals surface area contributed by atoms with E-state index >= 15 is 0 Å². The molecule has 0 amide bonds. The molecular formula is C14H22N2O4S. The molecule has 7 heteroatoms. The van der Waals surface area contributed by atoms with E-state index in [-0.39, 0.29) is 12.6 Å². The Morgan fingerprint density at radius 3 is 2.43 bits per heavy atom. The summed E-state index contributed by atoms with van der Waals surface area (Å²) < 4.78 is 30.9. The molecule has 0 radical (unpaired) electrons. The molecule has 0 spiro atoms. The van der Waals surface area contributed by atoms with Gasteiger partial charge in [-0.2, -0.15) is 4.31 Å². The van der Waals surface area contributed by atoms with Crippen LogP contribution in [0.2, 0.25) is 0 Å². The maximum atomic E-state index is 12.6. The summed E-state index contributed by atoms with van der Waals surface area (Å²) in [6.07, 6.45) is 0. The van der Waals surface area contributed by atoms with E-state index in [9.17, 15) is 13.2 Å². The van der Waals surface area contributed by atoms with E-state index in [1.54, 1.807) is 38.1 Å². The number of nitrogens with two attached hydrogens (primary N) is 1. The molecule has 0 bridgehead atoms. The maximum Gasteiger partial charge on any atom is 0.325 e. The molecule has 0 aliphatic rings. The van der Waals surface area contributed by atoms with Crippen LogP contribution in [0, 0.1) is 0 Å². The number of sulfonamides is 1. The Balaban J connectivity index is 3.09. The standard InChI is InChI=1S/C14H22N2O4S/c1-10(2)16(9-12-6-5-7-13(15)8-12)21(18,19)11(3)14(17)20-4/h5-8,10-11H,9,15H2,1-4H3. The van der Waals surface area contributed by atoms with Gasteiger partial charge in [-0.3, -0.25) is 4.79 Å². The molecule has 0 aromatic heterocycles. The lowest BCUT2D eigenvalue weighted by Gasteiger charge is -2.28. The van der Waals surface area contributed by atoms with Crippen LogP contribution in [0.3, 0.4) is 0 Å². The van der Waals surface area contributed by atoms with Crippen molar-refractivity contribution < 1.29 is 17.9 Å². The molecule has 1 atom stereocenters. The number of ether oxygens (including phenoxy) is 1. The molecule has 1 aromatic rings. The Morgan fingerprint density at radius 1 is 1.33 bits per heavy atom. The fourth-order valence-electron chi connectivity index (χ4n) is 1.93. The second-order valence-corrected chi connectivity index (χ2v) is 7.30. The summed E-state index contributed by atoms with van der Waals surface area (Å²) in [7, 11) is -2.63. The first-order valence-electron chi connectivity index (χ1n) is 6.63. The van der Waals surface area contributed by atoms with Gasteiger partial charge in [-0.1, -0.05) is 12.1 Å². The van der Waals surface area contributed by atoms with E-state index in [0.717, 1.165) is 5.56 Å². The Kier molecular flexibility index (Phi) is 5.74. The van der Waals surface area contributed by atoms with E-state index in [1.165, 1.54) is 18.3 Å². The normalized spacial score (nSPS) is 13.4. The first-order valence-corrected chi connectivity index (χ1v) is 8.13. The van der Waals surface area contributed by atoms with Crippen molar-refractivity contribution in [3.8, 4) is 0 Å². The third-order valence-electron chi connectivity index (χ3n) is 3.17. The number of hydrogen-bond donors (Lipinski definition) is 1. The SMILES string of the molecule is COC(=O)C(C)S(=O)(=O)N(Cc1cccc(N)c1)C(C)C. The van der Waals surface area contributed by atoms with Gasteiger partial charge < -0.3 is 10.5 Å². The summed E-state index contributed by atoms with van der Waals surface area (Å²) in [5.74, 6) is -0.770. The molecule has 0 saturated heterocycles. The van der Waals surface area contributed by atoms with Crippen LogP contribution in [-0.2, 0) is 26.1 Å². The molecule has 0 heterocycles. The number of nitrogens with zero attached hydrogens (tertiary/aromatic N) is 1. The Hall–Kier alpha value is -1.60. The molecule has 1 aromatic carbocycles. The van der Waals surface area contributed by atoms with Crippen LogP contribution in [0.5, 0.6) is 0 Å². The number of rotatable bonds is 6. The second-order valence-electron chi connectivity index (χ2n) is 5.09. The Bertz CT molecular complexity index is 599. The maximum absolute atomic E-state index is 12.6. The summed E-state index contributed by atoms with van der Waals surface area (Å²) in [6.45, 7) is 5.00. The highest BCUT2D eigenvalue weighted by Gasteiger charge is 2.36. The van der Waals surface area contributed by atoms with Crippen LogP contribution >= 0.6 is 0 Å². The van der Waals surface area contributed by atoms with Crippen LogP contribution in [0.4, 0.5) is 5.69 Å². The molecule has 1 rings (SSSR count). The van der Waals surface area contributed by atoms with Crippen molar-refractivity contribution in [2.45, 2.75) is 38.6 Å².